The van der Waals surface area contributed by atoms with Gasteiger partial charge < -0.3 is 5.32 Å². The Morgan fingerprint density at radius 1 is 1.07 bits per heavy atom. The normalized spacial score (nSPS) is 34.3. The molecular formula is C13H16ClN. The fourth-order valence-electron chi connectivity index (χ4n) is 3.23. The highest BCUT2D eigenvalue weighted by Crippen LogP contribution is 2.45. The molecule has 1 aromatic carbocycles. The summed E-state index contributed by atoms with van der Waals surface area (Å²) in [5.74, 6) is 2.49. The Morgan fingerprint density at radius 2 is 1.73 bits per heavy atom. The second kappa shape index (κ2) is 3.80. The topological polar surface area (TPSA) is 12.0 Å². The van der Waals surface area contributed by atoms with Crippen LogP contribution in [0.1, 0.15) is 24.3 Å². The summed E-state index contributed by atoms with van der Waals surface area (Å²) in [6.45, 7) is 2.43. The van der Waals surface area contributed by atoms with Crippen molar-refractivity contribution in [2.75, 3.05) is 13.1 Å². The number of benzene rings is 1. The third-order valence-corrected chi connectivity index (χ3v) is 4.34. The molecule has 0 amide bonds. The van der Waals surface area contributed by atoms with Crippen LogP contribution in [0.25, 0.3) is 0 Å². The summed E-state index contributed by atoms with van der Waals surface area (Å²) in [7, 11) is 0. The van der Waals surface area contributed by atoms with Crippen molar-refractivity contribution in [3.8, 4) is 0 Å². The lowest BCUT2D eigenvalue weighted by Crippen LogP contribution is -2.11. The second-order valence-corrected chi connectivity index (χ2v) is 5.28. The molecule has 1 N–H and O–H groups in total. The van der Waals surface area contributed by atoms with E-state index in [1.807, 2.05) is 12.1 Å². The minimum atomic E-state index is 0.704. The van der Waals surface area contributed by atoms with E-state index in [2.05, 4.69) is 17.4 Å². The first-order valence-electron chi connectivity index (χ1n) is 5.79. The Balaban J connectivity index is 1.82. The molecule has 1 nitrogen and oxygen atoms in total. The highest BCUT2D eigenvalue weighted by molar-refractivity contribution is 6.31. The molecule has 2 unspecified atom stereocenters. The molecule has 1 aromatic rings. The third kappa shape index (κ3) is 1.68. The Hall–Kier alpha value is -0.530. The maximum atomic E-state index is 6.25. The molecule has 2 fully saturated rings. The van der Waals surface area contributed by atoms with Crippen molar-refractivity contribution in [2.24, 2.45) is 11.8 Å². The monoisotopic (exact) mass is 221 g/mol. The standard InChI is InChI=1S/C13H16ClN/c14-13-4-2-1-3-12(13)9-5-10-7-15-8-11(10)6-9/h1-4,9-11,15H,5-8H2. The van der Waals surface area contributed by atoms with Gasteiger partial charge in [0.25, 0.3) is 0 Å². The number of hydrogen-bond acceptors (Lipinski definition) is 1. The van der Waals surface area contributed by atoms with E-state index < -0.39 is 0 Å². The molecule has 2 atom stereocenters. The van der Waals surface area contributed by atoms with Crippen molar-refractivity contribution in [3.05, 3.63) is 34.9 Å². The first-order chi connectivity index (χ1) is 7.34. The smallest absolute Gasteiger partial charge is 0.0440 e. The fraction of sp³-hybridized carbons (Fsp3) is 0.538. The first kappa shape index (κ1) is 9.68. The number of hydrogen-bond donors (Lipinski definition) is 1. The molecule has 1 saturated heterocycles. The number of fused-ring (bicyclic) bond motifs is 1. The van der Waals surface area contributed by atoms with Crippen molar-refractivity contribution >= 4 is 11.6 Å². The predicted molar refractivity (Wildman–Crippen MR) is 63.3 cm³/mol. The number of halogens is 1. The van der Waals surface area contributed by atoms with Gasteiger partial charge in [0.2, 0.25) is 0 Å². The van der Waals surface area contributed by atoms with Gasteiger partial charge in [-0.3, -0.25) is 0 Å². The van der Waals surface area contributed by atoms with Gasteiger partial charge >= 0.3 is 0 Å². The molecule has 2 heteroatoms. The summed E-state index contributed by atoms with van der Waals surface area (Å²) in [5, 5.41) is 4.43. The molecule has 3 rings (SSSR count). The summed E-state index contributed by atoms with van der Waals surface area (Å²) in [6.07, 6.45) is 2.64. The Bertz CT molecular complexity index is 351. The van der Waals surface area contributed by atoms with Crippen LogP contribution in [0.3, 0.4) is 0 Å². The van der Waals surface area contributed by atoms with Crippen molar-refractivity contribution in [1.82, 2.24) is 5.32 Å². The molecule has 0 aromatic heterocycles. The minimum absolute atomic E-state index is 0.704. The van der Waals surface area contributed by atoms with Gasteiger partial charge in [0.1, 0.15) is 0 Å². The molecule has 80 valence electrons. The van der Waals surface area contributed by atoms with E-state index in [-0.39, 0.29) is 0 Å². The Labute approximate surface area is 95.8 Å². The van der Waals surface area contributed by atoms with Gasteiger partial charge in [0.05, 0.1) is 0 Å². The van der Waals surface area contributed by atoms with Gasteiger partial charge in [-0.2, -0.15) is 0 Å². The quantitative estimate of drug-likeness (QED) is 0.769. The highest BCUT2D eigenvalue weighted by Gasteiger charge is 2.38. The Kier molecular flexibility index (Phi) is 2.45. The molecular weight excluding hydrogens is 206 g/mol. The predicted octanol–water partition coefficient (Wildman–Crippen LogP) is 3.05. The molecule has 1 aliphatic heterocycles. The highest BCUT2D eigenvalue weighted by atomic mass is 35.5. The van der Waals surface area contributed by atoms with Gasteiger partial charge in [-0.1, -0.05) is 29.8 Å². The lowest BCUT2D eigenvalue weighted by atomic mass is 9.96. The molecule has 1 aliphatic carbocycles. The summed E-state index contributed by atoms with van der Waals surface area (Å²) >= 11 is 6.25. The molecule has 1 saturated carbocycles. The fourth-order valence-corrected chi connectivity index (χ4v) is 3.52. The first-order valence-corrected chi connectivity index (χ1v) is 6.17. The summed E-state index contributed by atoms with van der Waals surface area (Å²) in [5.41, 5.74) is 1.37. The molecule has 0 radical (unpaired) electrons. The maximum absolute atomic E-state index is 6.25. The van der Waals surface area contributed by atoms with E-state index in [1.54, 1.807) is 0 Å². The van der Waals surface area contributed by atoms with Crippen molar-refractivity contribution in [1.29, 1.82) is 0 Å². The van der Waals surface area contributed by atoms with Crippen LogP contribution < -0.4 is 5.32 Å². The van der Waals surface area contributed by atoms with Crippen LogP contribution in [-0.4, -0.2) is 13.1 Å². The number of nitrogens with one attached hydrogen (secondary N) is 1. The lowest BCUT2D eigenvalue weighted by molar-refractivity contribution is 0.494. The van der Waals surface area contributed by atoms with E-state index in [1.165, 1.54) is 31.5 Å². The van der Waals surface area contributed by atoms with Crippen LogP contribution >= 0.6 is 11.6 Å². The molecule has 0 bridgehead atoms. The molecule has 1 heterocycles. The van der Waals surface area contributed by atoms with Gasteiger partial charge in [-0.05, 0) is 55.3 Å². The average Bonchev–Trinajstić information content (AvgIpc) is 2.77. The largest absolute Gasteiger partial charge is 0.316 e. The third-order valence-electron chi connectivity index (χ3n) is 4.00. The number of rotatable bonds is 1. The van der Waals surface area contributed by atoms with E-state index in [4.69, 9.17) is 11.6 Å². The van der Waals surface area contributed by atoms with Gasteiger partial charge in [-0.25, -0.2) is 0 Å². The van der Waals surface area contributed by atoms with Gasteiger partial charge in [0, 0.05) is 5.02 Å². The summed E-state index contributed by atoms with van der Waals surface area (Å²) in [6, 6.07) is 8.33. The van der Waals surface area contributed by atoms with Crippen LogP contribution in [0, 0.1) is 11.8 Å². The average molecular weight is 222 g/mol. The summed E-state index contributed by atoms with van der Waals surface area (Å²) < 4.78 is 0. The Morgan fingerprint density at radius 3 is 2.40 bits per heavy atom. The van der Waals surface area contributed by atoms with E-state index in [0.29, 0.717) is 5.92 Å². The van der Waals surface area contributed by atoms with Crippen LogP contribution in [0.5, 0.6) is 0 Å². The zero-order chi connectivity index (χ0) is 10.3. The molecule has 15 heavy (non-hydrogen) atoms. The van der Waals surface area contributed by atoms with Crippen LogP contribution in [0.4, 0.5) is 0 Å². The molecule has 0 spiro atoms. The van der Waals surface area contributed by atoms with Crippen molar-refractivity contribution in [2.45, 2.75) is 18.8 Å². The lowest BCUT2D eigenvalue weighted by Gasteiger charge is -2.13. The van der Waals surface area contributed by atoms with E-state index in [9.17, 15) is 0 Å². The zero-order valence-electron chi connectivity index (χ0n) is 8.75. The minimum Gasteiger partial charge on any atom is -0.316 e. The van der Waals surface area contributed by atoms with E-state index >= 15 is 0 Å². The van der Waals surface area contributed by atoms with E-state index in [0.717, 1.165) is 16.9 Å². The van der Waals surface area contributed by atoms with Crippen LogP contribution in [-0.2, 0) is 0 Å². The van der Waals surface area contributed by atoms with Crippen LogP contribution in [0.2, 0.25) is 5.02 Å². The maximum Gasteiger partial charge on any atom is 0.0440 e. The van der Waals surface area contributed by atoms with Crippen LogP contribution in [0.15, 0.2) is 24.3 Å². The van der Waals surface area contributed by atoms with Crippen molar-refractivity contribution in [3.63, 3.8) is 0 Å². The SMILES string of the molecule is Clc1ccccc1C1CC2CNCC2C1. The second-order valence-electron chi connectivity index (χ2n) is 4.87. The van der Waals surface area contributed by atoms with Gasteiger partial charge in [0.15, 0.2) is 0 Å². The summed E-state index contributed by atoms with van der Waals surface area (Å²) in [4.78, 5) is 0. The van der Waals surface area contributed by atoms with Crippen molar-refractivity contribution < 1.29 is 0 Å². The molecule has 2 aliphatic rings. The zero-order valence-corrected chi connectivity index (χ0v) is 9.50. The van der Waals surface area contributed by atoms with Gasteiger partial charge in [-0.15, -0.1) is 0 Å².